The van der Waals surface area contributed by atoms with E-state index in [1.807, 2.05) is 12.3 Å². The van der Waals surface area contributed by atoms with E-state index in [0.717, 1.165) is 27.7 Å². The lowest BCUT2D eigenvalue weighted by Crippen LogP contribution is -2.11. The molecule has 0 fully saturated rings. The highest BCUT2D eigenvalue weighted by molar-refractivity contribution is 5.96. The van der Waals surface area contributed by atoms with Gasteiger partial charge in [-0.25, -0.2) is 0 Å². The molecular formula is C45H55N3. The lowest BCUT2D eigenvalue weighted by molar-refractivity contribution is 0.408. The molecule has 0 saturated carbocycles. The molecule has 48 heavy (non-hydrogen) atoms. The fourth-order valence-corrected chi connectivity index (χ4v) is 6.18. The van der Waals surface area contributed by atoms with E-state index in [4.69, 9.17) is 1.37 Å². The van der Waals surface area contributed by atoms with Gasteiger partial charge in [-0.1, -0.05) is 105 Å². The monoisotopic (exact) mass is 638 g/mol. The molecule has 0 saturated heterocycles. The molecule has 0 bridgehead atoms. The number of rotatable bonds is 6. The van der Waals surface area contributed by atoms with Crippen molar-refractivity contribution >= 4 is 21.5 Å². The highest BCUT2D eigenvalue weighted by atomic mass is 15.0. The van der Waals surface area contributed by atoms with Crippen LogP contribution in [0.25, 0.3) is 44.1 Å². The van der Waals surface area contributed by atoms with Crippen LogP contribution in [-0.4, -0.2) is 35.5 Å². The summed E-state index contributed by atoms with van der Waals surface area (Å²) in [7, 11) is 4.17. The Morgan fingerprint density at radius 2 is 1.02 bits per heavy atom. The normalized spacial score (nSPS) is 11.4. The summed E-state index contributed by atoms with van der Waals surface area (Å²) in [6.45, 7) is 20.7. The first-order valence-corrected chi connectivity index (χ1v) is 17.4. The summed E-state index contributed by atoms with van der Waals surface area (Å²) in [6, 6.07) is 30.3. The van der Waals surface area contributed by atoms with E-state index in [0.29, 0.717) is 18.0 Å². The molecule has 6 aromatic rings. The second kappa shape index (κ2) is 16.7. The Hall–Kier alpha value is -4.34. The predicted molar refractivity (Wildman–Crippen MR) is 210 cm³/mol. The lowest BCUT2D eigenvalue weighted by Gasteiger charge is -2.11. The van der Waals surface area contributed by atoms with Crippen LogP contribution in [0.2, 0.25) is 0 Å². The highest BCUT2D eigenvalue weighted by Gasteiger charge is 2.10. The van der Waals surface area contributed by atoms with Crippen LogP contribution >= 0.6 is 0 Å². The van der Waals surface area contributed by atoms with E-state index < -0.39 is 0 Å². The van der Waals surface area contributed by atoms with Crippen molar-refractivity contribution in [1.29, 1.82) is 0 Å². The topological polar surface area (TPSA) is 29.0 Å². The number of aryl methyl sites for hydroxylation is 4. The van der Waals surface area contributed by atoms with Crippen LogP contribution in [0.4, 0.5) is 0 Å². The van der Waals surface area contributed by atoms with Crippen LogP contribution in [0, 0.1) is 27.7 Å². The quantitative estimate of drug-likeness (QED) is 0.182. The van der Waals surface area contributed by atoms with E-state index in [1.54, 1.807) is 0 Å². The van der Waals surface area contributed by atoms with Crippen molar-refractivity contribution in [2.24, 2.45) is 0 Å². The summed E-state index contributed by atoms with van der Waals surface area (Å²) in [5.74, 6) is 1.03. The molecule has 0 atom stereocenters. The van der Waals surface area contributed by atoms with Gasteiger partial charge >= 0.3 is 0 Å². The largest absolute Gasteiger partial charge is 0.309 e. The minimum atomic E-state index is 0.322. The van der Waals surface area contributed by atoms with Gasteiger partial charge in [0.2, 0.25) is 0 Å². The molecule has 4 aromatic carbocycles. The number of fused-ring (bicyclic) bond motifs is 2. The van der Waals surface area contributed by atoms with Gasteiger partial charge in [-0.05, 0) is 125 Å². The third-order valence-corrected chi connectivity index (χ3v) is 8.51. The second-order valence-corrected chi connectivity index (χ2v) is 14.1. The summed E-state index contributed by atoms with van der Waals surface area (Å²) in [6.07, 6.45) is 3.49. The summed E-state index contributed by atoms with van der Waals surface area (Å²) in [4.78, 5) is 11.3. The van der Waals surface area contributed by atoms with Gasteiger partial charge in [0.1, 0.15) is 0 Å². The maximum Gasteiger partial charge on any atom is 0.0840 e. The average molecular weight is 639 g/mol. The number of benzene rings is 4. The van der Waals surface area contributed by atoms with Crippen molar-refractivity contribution in [3.8, 4) is 22.5 Å². The van der Waals surface area contributed by atoms with E-state index in [9.17, 15) is 0 Å². The van der Waals surface area contributed by atoms with Crippen molar-refractivity contribution in [2.75, 3.05) is 20.6 Å². The van der Waals surface area contributed by atoms with Gasteiger partial charge in [-0.15, -0.1) is 0 Å². The summed E-state index contributed by atoms with van der Waals surface area (Å²) < 4.78 is 8.04. The molecule has 0 aliphatic carbocycles. The Balaban J connectivity index is 0.000000190. The van der Waals surface area contributed by atoms with Gasteiger partial charge in [0.15, 0.2) is 0 Å². The molecule has 0 unspecified atom stereocenters. The molecule has 0 N–H and O–H groups in total. The number of nitrogens with zero attached hydrogens (tertiary/aromatic N) is 3. The van der Waals surface area contributed by atoms with Gasteiger partial charge < -0.3 is 4.90 Å². The average Bonchev–Trinajstić information content (AvgIpc) is 3.03. The molecule has 0 spiro atoms. The van der Waals surface area contributed by atoms with E-state index in [1.165, 1.54) is 62.7 Å². The predicted octanol–water partition coefficient (Wildman–Crippen LogP) is 12.2. The van der Waals surface area contributed by atoms with Crippen molar-refractivity contribution in [3.63, 3.8) is 0 Å². The van der Waals surface area contributed by atoms with Crippen LogP contribution < -0.4 is 0 Å². The lowest BCUT2D eigenvalue weighted by atomic mass is 9.96. The number of pyridine rings is 2. The van der Waals surface area contributed by atoms with Crippen molar-refractivity contribution in [3.05, 3.63) is 131 Å². The van der Waals surface area contributed by atoms with Crippen LogP contribution in [0.15, 0.2) is 97.3 Å². The maximum absolute atomic E-state index is 8.04. The van der Waals surface area contributed by atoms with E-state index in [-0.39, 0.29) is 0 Å². The van der Waals surface area contributed by atoms with Gasteiger partial charge in [-0.3, -0.25) is 9.97 Å². The molecule has 3 nitrogen and oxygen atoms in total. The summed E-state index contributed by atoms with van der Waals surface area (Å²) in [5.41, 5.74) is 12.0. The minimum Gasteiger partial charge on any atom is -0.309 e. The Morgan fingerprint density at radius 3 is 1.42 bits per heavy atom. The van der Waals surface area contributed by atoms with Crippen LogP contribution in [0.3, 0.4) is 0 Å². The molecule has 3 heteroatoms. The third kappa shape index (κ3) is 9.61. The van der Waals surface area contributed by atoms with Gasteiger partial charge in [0.05, 0.1) is 12.8 Å². The highest BCUT2D eigenvalue weighted by Crippen LogP contribution is 2.31. The number of hydrogen-bond acceptors (Lipinski definition) is 3. The molecule has 0 amide bonds. The molecule has 250 valence electrons. The van der Waals surface area contributed by atoms with Crippen molar-refractivity contribution in [2.45, 2.75) is 80.6 Å². The molecule has 2 aromatic heterocycles. The first-order chi connectivity index (χ1) is 23.2. The second-order valence-electron chi connectivity index (χ2n) is 14.1. The third-order valence-electron chi connectivity index (χ3n) is 8.51. The molecule has 0 radical (unpaired) electrons. The van der Waals surface area contributed by atoms with E-state index >= 15 is 0 Å². The molecule has 0 aliphatic rings. The zero-order chi connectivity index (χ0) is 35.8. The number of hydrogen-bond donors (Lipinski definition) is 0. The molecule has 2 heterocycles. The fraction of sp³-hybridized carbons (Fsp3) is 0.333. The SMILES string of the molecule is CCCN(C)C.Cc1cc(C)cc(-c2nccc3cc(C(C)C)ccc23)c1.[2H]c1cc2cc(C(C)C)ccc2c(-c2cc(C)cc(C)c2)n1. The molecule has 6 rings (SSSR count). The zero-order valence-corrected chi connectivity index (χ0v) is 31.1. The van der Waals surface area contributed by atoms with Gasteiger partial charge in [0, 0.05) is 34.3 Å². The van der Waals surface area contributed by atoms with Crippen LogP contribution in [0.1, 0.15) is 87.6 Å². The summed E-state index contributed by atoms with van der Waals surface area (Å²) >= 11 is 0. The number of aromatic nitrogens is 2. The fourth-order valence-electron chi connectivity index (χ4n) is 6.18. The Labute approximate surface area is 291 Å². The Morgan fingerprint density at radius 1 is 0.583 bits per heavy atom. The van der Waals surface area contributed by atoms with Crippen LogP contribution in [0.5, 0.6) is 0 Å². The zero-order valence-electron chi connectivity index (χ0n) is 32.1. The van der Waals surface area contributed by atoms with Crippen molar-refractivity contribution < 1.29 is 1.37 Å². The van der Waals surface area contributed by atoms with Gasteiger partial charge in [0.25, 0.3) is 0 Å². The molecular weight excluding hydrogens is 583 g/mol. The summed E-state index contributed by atoms with van der Waals surface area (Å²) in [5, 5.41) is 4.71. The standard InChI is InChI=1S/2C20H21N.C5H13N/c2*1-13(2)16-5-6-19-17(12-16)7-8-21-20(19)18-10-14(3)9-15(4)11-18;1-4-5-6(2)3/h2*5-13H,1-4H3;4-5H2,1-3H3/i8D;;. The Bertz CT molecular complexity index is 1980. The first-order valence-electron chi connectivity index (χ1n) is 17.9. The maximum atomic E-state index is 8.04. The smallest absolute Gasteiger partial charge is 0.0840 e. The van der Waals surface area contributed by atoms with Gasteiger partial charge in [-0.2, -0.15) is 0 Å². The molecule has 0 aliphatic heterocycles. The first kappa shape index (κ1) is 35.0. The van der Waals surface area contributed by atoms with Crippen LogP contribution in [-0.2, 0) is 0 Å². The minimum absolute atomic E-state index is 0.322. The Kier molecular flexibility index (Phi) is 12.1. The van der Waals surface area contributed by atoms with E-state index in [2.05, 4.69) is 170 Å². The van der Waals surface area contributed by atoms with Crippen molar-refractivity contribution in [1.82, 2.24) is 14.9 Å².